The minimum absolute atomic E-state index is 0.187. The number of halogens is 2. The Bertz CT molecular complexity index is 572. The molecule has 0 saturated carbocycles. The zero-order valence-corrected chi connectivity index (χ0v) is 10.7. The van der Waals surface area contributed by atoms with E-state index < -0.39 is 0 Å². The molecule has 94 valence electrons. The van der Waals surface area contributed by atoms with Crippen molar-refractivity contribution >= 4 is 11.6 Å². The van der Waals surface area contributed by atoms with E-state index in [0.29, 0.717) is 16.3 Å². The summed E-state index contributed by atoms with van der Waals surface area (Å²) in [6, 6.07) is 10.1. The summed E-state index contributed by atoms with van der Waals surface area (Å²) < 4.78 is 19.4. The van der Waals surface area contributed by atoms with Crippen molar-refractivity contribution in [3.8, 4) is 11.5 Å². The van der Waals surface area contributed by atoms with Crippen molar-refractivity contribution in [2.45, 2.75) is 13.5 Å². The fourth-order valence-electron chi connectivity index (χ4n) is 1.62. The average Bonchev–Trinajstić information content (AvgIpc) is 2.37. The van der Waals surface area contributed by atoms with Crippen LogP contribution >= 0.6 is 11.6 Å². The molecule has 0 fully saturated rings. The molecule has 0 heterocycles. The monoisotopic (exact) mass is 265 g/mol. The Morgan fingerprint density at radius 2 is 2.00 bits per heavy atom. The number of hydrogen-bond acceptors (Lipinski definition) is 2. The lowest BCUT2D eigenvalue weighted by atomic mass is 10.2. The molecule has 2 aromatic carbocycles. The number of aryl methyl sites for hydroxylation is 1. The fourth-order valence-corrected chi connectivity index (χ4v) is 1.82. The maximum absolute atomic E-state index is 13.8. The number of ether oxygens (including phenoxy) is 1. The van der Waals surface area contributed by atoms with Crippen molar-refractivity contribution in [2.75, 3.05) is 0 Å². The van der Waals surface area contributed by atoms with Gasteiger partial charge in [0.15, 0.2) is 11.6 Å². The number of hydrogen-bond donors (Lipinski definition) is 1. The third-order valence-electron chi connectivity index (χ3n) is 2.62. The van der Waals surface area contributed by atoms with Crippen molar-refractivity contribution < 1.29 is 9.13 Å². The Labute approximate surface area is 110 Å². The van der Waals surface area contributed by atoms with Gasteiger partial charge >= 0.3 is 0 Å². The molecular weight excluding hydrogens is 253 g/mol. The summed E-state index contributed by atoms with van der Waals surface area (Å²) in [6.07, 6.45) is 0. The van der Waals surface area contributed by atoms with E-state index in [0.717, 1.165) is 5.56 Å². The quantitative estimate of drug-likeness (QED) is 0.909. The summed E-state index contributed by atoms with van der Waals surface area (Å²) in [4.78, 5) is 0. The fraction of sp³-hybridized carbons (Fsp3) is 0.143. The van der Waals surface area contributed by atoms with Gasteiger partial charge in [-0.3, -0.25) is 0 Å². The van der Waals surface area contributed by atoms with E-state index in [1.54, 1.807) is 43.3 Å². The highest BCUT2D eigenvalue weighted by molar-refractivity contribution is 6.30. The smallest absolute Gasteiger partial charge is 0.168 e. The molecule has 0 aliphatic heterocycles. The molecule has 4 heteroatoms. The molecule has 0 amide bonds. The van der Waals surface area contributed by atoms with E-state index in [1.807, 2.05) is 0 Å². The van der Waals surface area contributed by atoms with Crippen LogP contribution in [-0.2, 0) is 6.54 Å². The molecular formula is C14H13ClFNO. The predicted octanol–water partition coefficient (Wildman–Crippen LogP) is 4.04. The van der Waals surface area contributed by atoms with Crippen molar-refractivity contribution in [1.82, 2.24) is 0 Å². The van der Waals surface area contributed by atoms with E-state index >= 15 is 0 Å². The summed E-state index contributed by atoms with van der Waals surface area (Å²) in [7, 11) is 0. The third-order valence-corrected chi connectivity index (χ3v) is 2.85. The Kier molecular flexibility index (Phi) is 3.84. The summed E-state index contributed by atoms with van der Waals surface area (Å²) in [6.45, 7) is 1.97. The van der Waals surface area contributed by atoms with Crippen LogP contribution in [0.4, 0.5) is 4.39 Å². The van der Waals surface area contributed by atoms with E-state index in [4.69, 9.17) is 22.1 Å². The highest BCUT2D eigenvalue weighted by Gasteiger charge is 2.09. The minimum Gasteiger partial charge on any atom is -0.454 e. The molecule has 18 heavy (non-hydrogen) atoms. The second kappa shape index (κ2) is 5.38. The lowest BCUT2D eigenvalue weighted by molar-refractivity contribution is 0.436. The van der Waals surface area contributed by atoms with Crippen molar-refractivity contribution in [3.63, 3.8) is 0 Å². The van der Waals surface area contributed by atoms with Gasteiger partial charge in [0.25, 0.3) is 0 Å². The highest BCUT2D eigenvalue weighted by atomic mass is 35.5. The van der Waals surface area contributed by atoms with Gasteiger partial charge in [0.05, 0.1) is 0 Å². The van der Waals surface area contributed by atoms with Gasteiger partial charge in [-0.15, -0.1) is 0 Å². The van der Waals surface area contributed by atoms with Gasteiger partial charge in [-0.1, -0.05) is 23.7 Å². The third kappa shape index (κ3) is 2.63. The van der Waals surface area contributed by atoms with Gasteiger partial charge in [-0.2, -0.15) is 0 Å². The normalized spacial score (nSPS) is 10.4. The second-order valence-electron chi connectivity index (χ2n) is 3.95. The largest absolute Gasteiger partial charge is 0.454 e. The van der Waals surface area contributed by atoms with Crippen LogP contribution in [0.15, 0.2) is 36.4 Å². The Morgan fingerprint density at radius 3 is 2.72 bits per heavy atom. The molecule has 0 aliphatic carbocycles. The lowest BCUT2D eigenvalue weighted by Crippen LogP contribution is -2.00. The summed E-state index contributed by atoms with van der Waals surface area (Å²) in [5, 5.41) is 0.576. The molecule has 0 unspecified atom stereocenters. The predicted molar refractivity (Wildman–Crippen MR) is 70.6 cm³/mol. The van der Waals surface area contributed by atoms with E-state index in [2.05, 4.69) is 0 Å². The summed E-state index contributed by atoms with van der Waals surface area (Å²) in [5.41, 5.74) is 6.89. The number of nitrogens with two attached hydrogens (primary N) is 1. The molecule has 2 aromatic rings. The molecule has 0 spiro atoms. The first-order valence-electron chi connectivity index (χ1n) is 5.53. The molecule has 0 bridgehead atoms. The van der Waals surface area contributed by atoms with E-state index in [-0.39, 0.29) is 18.1 Å². The average molecular weight is 266 g/mol. The summed E-state index contributed by atoms with van der Waals surface area (Å²) in [5.74, 6) is 0.342. The van der Waals surface area contributed by atoms with Gasteiger partial charge in [-0.05, 0) is 36.8 Å². The van der Waals surface area contributed by atoms with Gasteiger partial charge in [0.2, 0.25) is 0 Å². The van der Waals surface area contributed by atoms with Crippen molar-refractivity contribution in [1.29, 1.82) is 0 Å². The van der Waals surface area contributed by atoms with Gasteiger partial charge in [0, 0.05) is 17.1 Å². The summed E-state index contributed by atoms with van der Waals surface area (Å²) >= 11 is 5.87. The van der Waals surface area contributed by atoms with Crippen LogP contribution in [0.3, 0.4) is 0 Å². The molecule has 0 radical (unpaired) electrons. The standard InChI is InChI=1S/C14H13ClFNO/c1-9-3-2-4-13(14(9)16)18-12-6-5-11(15)7-10(12)8-17/h2-7H,8,17H2,1H3. The highest BCUT2D eigenvalue weighted by Crippen LogP contribution is 2.30. The molecule has 2 rings (SSSR count). The SMILES string of the molecule is Cc1cccc(Oc2ccc(Cl)cc2CN)c1F. The Hall–Kier alpha value is -1.58. The van der Waals surface area contributed by atoms with E-state index in [1.165, 1.54) is 0 Å². The van der Waals surface area contributed by atoms with Crippen LogP contribution in [0.1, 0.15) is 11.1 Å². The molecule has 0 aliphatic rings. The Morgan fingerprint density at radius 1 is 1.22 bits per heavy atom. The molecule has 2 N–H and O–H groups in total. The number of rotatable bonds is 3. The zero-order chi connectivity index (χ0) is 13.1. The second-order valence-corrected chi connectivity index (χ2v) is 4.38. The Balaban J connectivity index is 2.37. The van der Waals surface area contributed by atoms with E-state index in [9.17, 15) is 4.39 Å². The molecule has 0 atom stereocenters. The van der Waals surface area contributed by atoms with Crippen LogP contribution in [-0.4, -0.2) is 0 Å². The van der Waals surface area contributed by atoms with Crippen LogP contribution in [0.5, 0.6) is 11.5 Å². The maximum atomic E-state index is 13.8. The van der Waals surface area contributed by atoms with Crippen LogP contribution in [0.25, 0.3) is 0 Å². The van der Waals surface area contributed by atoms with Crippen molar-refractivity contribution in [3.05, 3.63) is 58.4 Å². The van der Waals surface area contributed by atoms with Gasteiger partial charge in [-0.25, -0.2) is 4.39 Å². The minimum atomic E-state index is -0.365. The lowest BCUT2D eigenvalue weighted by Gasteiger charge is -2.11. The van der Waals surface area contributed by atoms with Crippen LogP contribution < -0.4 is 10.5 Å². The first-order valence-corrected chi connectivity index (χ1v) is 5.91. The maximum Gasteiger partial charge on any atom is 0.168 e. The van der Waals surface area contributed by atoms with Gasteiger partial charge < -0.3 is 10.5 Å². The van der Waals surface area contributed by atoms with Crippen molar-refractivity contribution in [2.24, 2.45) is 5.73 Å². The zero-order valence-electron chi connectivity index (χ0n) is 9.91. The van der Waals surface area contributed by atoms with Crippen LogP contribution in [0, 0.1) is 12.7 Å². The topological polar surface area (TPSA) is 35.2 Å². The number of benzene rings is 2. The van der Waals surface area contributed by atoms with Crippen LogP contribution in [0.2, 0.25) is 5.02 Å². The first kappa shape index (κ1) is 12.9. The molecule has 0 aromatic heterocycles. The molecule has 0 saturated heterocycles. The van der Waals surface area contributed by atoms with Gasteiger partial charge in [0.1, 0.15) is 5.75 Å². The first-order chi connectivity index (χ1) is 8.61. The molecule has 2 nitrogen and oxygen atoms in total.